The van der Waals surface area contributed by atoms with E-state index in [2.05, 4.69) is 72.8 Å². The van der Waals surface area contributed by atoms with Crippen LogP contribution in [0, 0.1) is 0 Å². The highest BCUT2D eigenvalue weighted by molar-refractivity contribution is 5.51. The minimum absolute atomic E-state index is 1.09. The molecule has 4 bridgehead atoms. The number of hydrogen-bond donors (Lipinski definition) is 0. The quantitative estimate of drug-likeness (QED) is 0.603. The molecule has 0 heteroatoms. The zero-order valence-electron chi connectivity index (χ0n) is 11.8. The summed E-state index contributed by atoms with van der Waals surface area (Å²) < 4.78 is 0. The molecule has 0 nitrogen and oxygen atoms in total. The maximum atomic E-state index is 2.26. The van der Waals surface area contributed by atoms with E-state index in [4.69, 9.17) is 0 Å². The maximum Gasteiger partial charge on any atom is -0.0238 e. The predicted octanol–water partition coefficient (Wildman–Crippen LogP) is 5.29. The SMILES string of the molecule is C1=C\c2ccc(cc2)CCc2ccc(cc2)/C=C\CC/1. The van der Waals surface area contributed by atoms with Crippen molar-refractivity contribution in [3.05, 3.63) is 82.9 Å². The summed E-state index contributed by atoms with van der Waals surface area (Å²) in [6, 6.07) is 17.9. The van der Waals surface area contributed by atoms with Gasteiger partial charge in [0.1, 0.15) is 0 Å². The first-order chi connectivity index (χ1) is 9.90. The van der Waals surface area contributed by atoms with Crippen LogP contribution in [0.3, 0.4) is 0 Å². The van der Waals surface area contributed by atoms with E-state index < -0.39 is 0 Å². The molecular weight excluding hydrogens is 240 g/mol. The second-order valence-corrected chi connectivity index (χ2v) is 5.37. The molecule has 0 fully saturated rings. The van der Waals surface area contributed by atoms with Gasteiger partial charge in [0.15, 0.2) is 0 Å². The third kappa shape index (κ3) is 3.48. The summed E-state index contributed by atoms with van der Waals surface area (Å²) in [5.74, 6) is 0. The lowest BCUT2D eigenvalue weighted by molar-refractivity contribution is 0.960. The normalized spacial score (nSPS) is 18.0. The molecule has 0 saturated carbocycles. The minimum Gasteiger partial charge on any atom is -0.0836 e. The van der Waals surface area contributed by atoms with Crippen LogP contribution in [0.15, 0.2) is 60.7 Å². The largest absolute Gasteiger partial charge is 0.0836 e. The molecular formula is C20H20. The Morgan fingerprint density at radius 1 is 0.500 bits per heavy atom. The van der Waals surface area contributed by atoms with Crippen LogP contribution < -0.4 is 0 Å². The molecule has 0 saturated heterocycles. The fourth-order valence-corrected chi connectivity index (χ4v) is 2.51. The summed E-state index contributed by atoms with van der Waals surface area (Å²) >= 11 is 0. The van der Waals surface area contributed by atoms with Crippen LogP contribution in [-0.4, -0.2) is 0 Å². The number of allylic oxidation sites excluding steroid dienone is 2. The average Bonchev–Trinajstić information content (AvgIpc) is 2.50. The molecule has 0 N–H and O–H groups in total. The summed E-state index contributed by atoms with van der Waals surface area (Å²) in [5.41, 5.74) is 5.43. The average molecular weight is 260 g/mol. The van der Waals surface area contributed by atoms with Crippen LogP contribution in [0.1, 0.15) is 35.1 Å². The van der Waals surface area contributed by atoms with Crippen molar-refractivity contribution in [2.75, 3.05) is 0 Å². The van der Waals surface area contributed by atoms with Crippen molar-refractivity contribution < 1.29 is 0 Å². The molecule has 0 radical (unpaired) electrons. The van der Waals surface area contributed by atoms with Gasteiger partial charge < -0.3 is 0 Å². The summed E-state index contributed by atoms with van der Waals surface area (Å²) in [6.45, 7) is 0. The highest BCUT2D eigenvalue weighted by Crippen LogP contribution is 2.13. The third-order valence-corrected chi connectivity index (χ3v) is 3.78. The van der Waals surface area contributed by atoms with Crippen molar-refractivity contribution in [3.63, 3.8) is 0 Å². The van der Waals surface area contributed by atoms with Gasteiger partial charge in [-0.25, -0.2) is 0 Å². The van der Waals surface area contributed by atoms with Crippen LogP contribution in [0.25, 0.3) is 12.2 Å². The second-order valence-electron chi connectivity index (χ2n) is 5.37. The standard InChI is InChI=1S/C20H20/c1-2-4-6-18-9-13-20(14-10-18)16-15-19-11-7-17(5-3-1)8-12-19/h3-14H,1-2,15-16H2/b5-3-,6-4-. The zero-order valence-corrected chi connectivity index (χ0v) is 11.8. The van der Waals surface area contributed by atoms with Gasteiger partial charge in [-0.15, -0.1) is 0 Å². The highest BCUT2D eigenvalue weighted by atomic mass is 14.0. The van der Waals surface area contributed by atoms with Gasteiger partial charge in [0.25, 0.3) is 0 Å². The molecule has 4 aliphatic carbocycles. The number of aryl methyl sites for hydroxylation is 2. The van der Waals surface area contributed by atoms with E-state index in [9.17, 15) is 0 Å². The molecule has 0 unspecified atom stereocenters. The Labute approximate surface area is 121 Å². The Kier molecular flexibility index (Phi) is 4.13. The molecule has 0 aliphatic heterocycles. The monoisotopic (exact) mass is 260 g/mol. The predicted molar refractivity (Wildman–Crippen MR) is 87.6 cm³/mol. The van der Waals surface area contributed by atoms with Gasteiger partial charge in [-0.3, -0.25) is 0 Å². The lowest BCUT2D eigenvalue weighted by Gasteiger charge is -2.04. The van der Waals surface area contributed by atoms with Crippen molar-refractivity contribution in [2.45, 2.75) is 25.7 Å². The van der Waals surface area contributed by atoms with Crippen molar-refractivity contribution >= 4 is 12.2 Å². The van der Waals surface area contributed by atoms with Crippen LogP contribution in [0.2, 0.25) is 0 Å². The molecule has 0 heterocycles. The Morgan fingerprint density at radius 2 is 0.900 bits per heavy atom. The molecule has 4 aliphatic rings. The van der Waals surface area contributed by atoms with Crippen molar-refractivity contribution in [2.24, 2.45) is 0 Å². The number of rotatable bonds is 0. The van der Waals surface area contributed by atoms with Crippen LogP contribution in [-0.2, 0) is 12.8 Å². The van der Waals surface area contributed by atoms with E-state index in [1.165, 1.54) is 22.3 Å². The topological polar surface area (TPSA) is 0 Å². The summed E-state index contributed by atoms with van der Waals surface area (Å²) in [4.78, 5) is 0. The fraction of sp³-hybridized carbons (Fsp3) is 0.200. The summed E-state index contributed by atoms with van der Waals surface area (Å²) in [7, 11) is 0. The minimum atomic E-state index is 1.09. The van der Waals surface area contributed by atoms with Crippen molar-refractivity contribution in [1.82, 2.24) is 0 Å². The molecule has 100 valence electrons. The zero-order chi connectivity index (χ0) is 13.6. The van der Waals surface area contributed by atoms with E-state index >= 15 is 0 Å². The van der Waals surface area contributed by atoms with E-state index in [1.54, 1.807) is 0 Å². The number of hydrogen-bond acceptors (Lipinski definition) is 0. The highest BCUT2D eigenvalue weighted by Gasteiger charge is 1.97. The Hall–Kier alpha value is -2.08. The Bertz CT molecular complexity index is 540. The first-order valence-electron chi connectivity index (χ1n) is 7.41. The van der Waals surface area contributed by atoms with Gasteiger partial charge in [0.05, 0.1) is 0 Å². The van der Waals surface area contributed by atoms with Crippen LogP contribution in [0.5, 0.6) is 0 Å². The lowest BCUT2D eigenvalue weighted by atomic mass is 10.0. The first-order valence-corrected chi connectivity index (χ1v) is 7.41. The molecule has 2 aromatic rings. The smallest absolute Gasteiger partial charge is 0.0238 e. The lowest BCUT2D eigenvalue weighted by Crippen LogP contribution is -1.91. The van der Waals surface area contributed by atoms with Crippen molar-refractivity contribution in [1.29, 1.82) is 0 Å². The molecule has 20 heavy (non-hydrogen) atoms. The van der Waals surface area contributed by atoms with Crippen LogP contribution in [0.4, 0.5) is 0 Å². The fourth-order valence-electron chi connectivity index (χ4n) is 2.51. The maximum absolute atomic E-state index is 2.26. The molecule has 2 aromatic carbocycles. The van der Waals surface area contributed by atoms with Gasteiger partial charge in [0.2, 0.25) is 0 Å². The van der Waals surface area contributed by atoms with Gasteiger partial charge in [-0.2, -0.15) is 0 Å². The first kappa shape index (κ1) is 12.9. The molecule has 0 atom stereocenters. The molecule has 6 rings (SSSR count). The van der Waals surface area contributed by atoms with E-state index in [0.29, 0.717) is 0 Å². The van der Waals surface area contributed by atoms with Gasteiger partial charge in [-0.05, 0) is 47.9 Å². The van der Waals surface area contributed by atoms with Gasteiger partial charge >= 0.3 is 0 Å². The van der Waals surface area contributed by atoms with E-state index in [1.807, 2.05) is 0 Å². The van der Waals surface area contributed by atoms with Gasteiger partial charge in [0, 0.05) is 0 Å². The van der Waals surface area contributed by atoms with Crippen LogP contribution >= 0.6 is 0 Å². The second kappa shape index (κ2) is 6.38. The molecule has 0 aromatic heterocycles. The summed E-state index contributed by atoms with van der Waals surface area (Å²) in [5, 5.41) is 0. The third-order valence-electron chi connectivity index (χ3n) is 3.78. The molecule has 0 amide bonds. The van der Waals surface area contributed by atoms with E-state index in [-0.39, 0.29) is 0 Å². The Morgan fingerprint density at radius 3 is 1.30 bits per heavy atom. The number of benzene rings is 2. The summed E-state index contributed by atoms with van der Waals surface area (Å²) in [6.07, 6.45) is 13.4. The van der Waals surface area contributed by atoms with Gasteiger partial charge in [-0.1, -0.05) is 72.8 Å². The molecule has 0 spiro atoms. The van der Waals surface area contributed by atoms with Crippen molar-refractivity contribution in [3.8, 4) is 0 Å². The Balaban J connectivity index is 1.86. The van der Waals surface area contributed by atoms with E-state index in [0.717, 1.165) is 25.7 Å².